The molecule has 3 rings (SSSR count). The van der Waals surface area contributed by atoms with Crippen molar-refractivity contribution >= 4 is 44.4 Å². The van der Waals surface area contributed by atoms with Crippen molar-refractivity contribution in [1.82, 2.24) is 13.1 Å². The highest BCUT2D eigenvalue weighted by molar-refractivity contribution is 7.89. The number of likely N-dealkylation sites (N-methyl/N-ethyl adjacent to an activating group) is 1. The van der Waals surface area contributed by atoms with Gasteiger partial charge in [-0.3, -0.25) is 4.79 Å². The lowest BCUT2D eigenvalue weighted by atomic mass is 10.2. The summed E-state index contributed by atoms with van der Waals surface area (Å²) in [6.45, 7) is 1.18. The van der Waals surface area contributed by atoms with Crippen LogP contribution in [0, 0.1) is 12.7 Å². The molecular formula is C16H15FN4O3S2. The largest absolute Gasteiger partial charge is 0.325 e. The molecule has 0 spiro atoms. The minimum atomic E-state index is -3.94. The summed E-state index contributed by atoms with van der Waals surface area (Å²) >= 11 is 0.915. The maximum atomic E-state index is 13.6. The number of carbonyl (C=O) groups excluding carboxylic acids is 1. The van der Waals surface area contributed by atoms with Crippen LogP contribution in [0.25, 0.3) is 11.0 Å². The lowest BCUT2D eigenvalue weighted by molar-refractivity contribution is -0.116. The summed E-state index contributed by atoms with van der Waals surface area (Å²) in [5.41, 5.74) is 1.46. The molecule has 0 aliphatic rings. The van der Waals surface area contributed by atoms with Gasteiger partial charge in [0.15, 0.2) is 0 Å². The fourth-order valence-corrected chi connectivity index (χ4v) is 4.19. The van der Waals surface area contributed by atoms with Gasteiger partial charge in [0.25, 0.3) is 0 Å². The number of aryl methyl sites for hydroxylation is 1. The fourth-order valence-electron chi connectivity index (χ4n) is 2.32. The molecule has 1 amide bonds. The first-order valence-electron chi connectivity index (χ1n) is 7.52. The maximum absolute atomic E-state index is 13.6. The van der Waals surface area contributed by atoms with Gasteiger partial charge in [-0.2, -0.15) is 13.1 Å². The third-order valence-electron chi connectivity index (χ3n) is 3.76. The normalized spacial score (nSPS) is 11.8. The number of aromatic nitrogens is 2. The molecule has 0 radical (unpaired) electrons. The van der Waals surface area contributed by atoms with Crippen LogP contribution in [-0.2, 0) is 14.8 Å². The Morgan fingerprint density at radius 1 is 1.27 bits per heavy atom. The summed E-state index contributed by atoms with van der Waals surface area (Å²) in [6, 6.07) is 8.91. The standard InChI is InChI=1S/C16H15FN4O3S2/c1-10-6-7-11(8-12(10)17)18-15(22)9-21(2)26(23,24)14-5-3-4-13-16(14)20-25-19-13/h3-8H,9H2,1-2H3,(H,18,22). The molecule has 10 heteroatoms. The van der Waals surface area contributed by atoms with Crippen molar-refractivity contribution in [3.63, 3.8) is 0 Å². The van der Waals surface area contributed by atoms with Crippen LogP contribution >= 0.6 is 11.7 Å². The molecular weight excluding hydrogens is 379 g/mol. The topological polar surface area (TPSA) is 92.3 Å². The number of hydrogen-bond donors (Lipinski definition) is 1. The van der Waals surface area contributed by atoms with E-state index in [9.17, 15) is 17.6 Å². The molecule has 0 bridgehead atoms. The average molecular weight is 394 g/mol. The first-order valence-corrected chi connectivity index (χ1v) is 9.69. The average Bonchev–Trinajstić information content (AvgIpc) is 3.06. The Kier molecular flexibility index (Phi) is 4.99. The summed E-state index contributed by atoms with van der Waals surface area (Å²) in [5.74, 6) is -1.03. The van der Waals surface area contributed by atoms with Crippen molar-refractivity contribution < 1.29 is 17.6 Å². The van der Waals surface area contributed by atoms with Gasteiger partial charge in [-0.1, -0.05) is 12.1 Å². The van der Waals surface area contributed by atoms with Crippen molar-refractivity contribution in [1.29, 1.82) is 0 Å². The monoisotopic (exact) mass is 394 g/mol. The molecule has 7 nitrogen and oxygen atoms in total. The van der Waals surface area contributed by atoms with Crippen LogP contribution in [0.15, 0.2) is 41.3 Å². The molecule has 1 heterocycles. The zero-order chi connectivity index (χ0) is 18.9. The Morgan fingerprint density at radius 2 is 2.04 bits per heavy atom. The highest BCUT2D eigenvalue weighted by Gasteiger charge is 2.26. The molecule has 0 saturated heterocycles. The predicted octanol–water partition coefficient (Wildman–Crippen LogP) is 2.40. The van der Waals surface area contributed by atoms with Crippen molar-refractivity contribution in [2.75, 3.05) is 18.9 Å². The molecule has 1 N–H and O–H groups in total. The number of benzene rings is 2. The van der Waals surface area contributed by atoms with Gasteiger partial charge in [-0.15, -0.1) is 0 Å². The van der Waals surface area contributed by atoms with Crippen molar-refractivity contribution in [2.45, 2.75) is 11.8 Å². The molecule has 1 aromatic heterocycles. The second-order valence-corrected chi connectivity index (χ2v) is 8.20. The zero-order valence-electron chi connectivity index (χ0n) is 13.9. The Morgan fingerprint density at radius 3 is 2.77 bits per heavy atom. The number of nitrogens with zero attached hydrogens (tertiary/aromatic N) is 3. The number of amides is 1. The Balaban J connectivity index is 1.78. The van der Waals surface area contributed by atoms with Crippen molar-refractivity contribution in [3.8, 4) is 0 Å². The summed E-state index contributed by atoms with van der Waals surface area (Å²) in [5, 5.41) is 2.49. The number of nitrogens with one attached hydrogen (secondary N) is 1. The van der Waals surface area contributed by atoms with Crippen molar-refractivity contribution in [3.05, 3.63) is 47.8 Å². The van der Waals surface area contributed by atoms with E-state index in [2.05, 4.69) is 14.1 Å². The summed E-state index contributed by atoms with van der Waals surface area (Å²) < 4.78 is 48.0. The van der Waals surface area contributed by atoms with E-state index in [0.717, 1.165) is 16.0 Å². The second-order valence-electron chi connectivity index (χ2n) is 5.66. The molecule has 26 heavy (non-hydrogen) atoms. The Hall–Kier alpha value is -2.43. The quantitative estimate of drug-likeness (QED) is 0.717. The third-order valence-corrected chi connectivity index (χ3v) is 6.14. The predicted molar refractivity (Wildman–Crippen MR) is 97.0 cm³/mol. The van der Waals surface area contributed by atoms with Crippen LogP contribution in [0.1, 0.15) is 5.56 Å². The Bertz CT molecular complexity index is 1080. The van der Waals surface area contributed by atoms with Crippen LogP contribution < -0.4 is 5.32 Å². The summed E-state index contributed by atoms with van der Waals surface area (Å²) in [6.07, 6.45) is 0. The number of halogens is 1. The van der Waals surface area contributed by atoms with E-state index in [0.29, 0.717) is 11.1 Å². The Labute approximate surface area is 153 Å². The van der Waals surface area contributed by atoms with Crippen LogP contribution in [-0.4, -0.2) is 41.0 Å². The minimum absolute atomic E-state index is 0.0135. The van der Waals surface area contributed by atoms with Gasteiger partial charge >= 0.3 is 0 Å². The fraction of sp³-hybridized carbons (Fsp3) is 0.188. The lowest BCUT2D eigenvalue weighted by Crippen LogP contribution is -2.35. The van der Waals surface area contributed by atoms with Crippen LogP contribution in [0.3, 0.4) is 0 Å². The van der Waals surface area contributed by atoms with E-state index in [1.165, 1.54) is 25.2 Å². The van der Waals surface area contributed by atoms with E-state index < -0.39 is 28.3 Å². The highest BCUT2D eigenvalue weighted by atomic mass is 32.2. The molecule has 0 saturated carbocycles. The zero-order valence-corrected chi connectivity index (χ0v) is 15.6. The molecule has 2 aromatic carbocycles. The smallest absolute Gasteiger partial charge is 0.245 e. The summed E-state index contributed by atoms with van der Waals surface area (Å²) in [7, 11) is -2.64. The number of sulfonamides is 1. The maximum Gasteiger partial charge on any atom is 0.245 e. The lowest BCUT2D eigenvalue weighted by Gasteiger charge is -2.17. The van der Waals surface area contributed by atoms with E-state index in [1.807, 2.05) is 0 Å². The minimum Gasteiger partial charge on any atom is -0.325 e. The van der Waals surface area contributed by atoms with Gasteiger partial charge in [-0.25, -0.2) is 12.8 Å². The molecule has 0 fully saturated rings. The molecule has 3 aromatic rings. The second kappa shape index (κ2) is 7.06. The highest BCUT2D eigenvalue weighted by Crippen LogP contribution is 2.23. The van der Waals surface area contributed by atoms with Gasteiger partial charge < -0.3 is 5.32 Å². The van der Waals surface area contributed by atoms with Crippen molar-refractivity contribution in [2.24, 2.45) is 0 Å². The van der Waals surface area contributed by atoms with Gasteiger partial charge in [-0.05, 0) is 36.8 Å². The number of anilines is 1. The molecule has 136 valence electrons. The van der Waals surface area contributed by atoms with Crippen LogP contribution in [0.2, 0.25) is 0 Å². The van der Waals surface area contributed by atoms with Crippen LogP contribution in [0.5, 0.6) is 0 Å². The third kappa shape index (κ3) is 3.57. The van der Waals surface area contributed by atoms with E-state index in [1.54, 1.807) is 25.1 Å². The molecule has 0 aliphatic carbocycles. The van der Waals surface area contributed by atoms with Gasteiger partial charge in [0, 0.05) is 12.7 Å². The van der Waals surface area contributed by atoms with Gasteiger partial charge in [0.05, 0.1) is 18.3 Å². The SMILES string of the molecule is Cc1ccc(NC(=O)CN(C)S(=O)(=O)c2cccc3nsnc23)cc1F. The van der Waals surface area contributed by atoms with E-state index in [-0.39, 0.29) is 16.1 Å². The number of rotatable bonds is 5. The number of fused-ring (bicyclic) bond motifs is 1. The van der Waals surface area contributed by atoms with Gasteiger partial charge in [0.2, 0.25) is 15.9 Å². The van der Waals surface area contributed by atoms with E-state index >= 15 is 0 Å². The molecule has 0 unspecified atom stereocenters. The van der Waals surface area contributed by atoms with Crippen LogP contribution in [0.4, 0.5) is 10.1 Å². The number of carbonyl (C=O) groups is 1. The van der Waals surface area contributed by atoms with Gasteiger partial charge in [0.1, 0.15) is 21.7 Å². The first-order chi connectivity index (χ1) is 12.3. The molecule has 0 atom stereocenters. The molecule has 0 aliphatic heterocycles. The summed E-state index contributed by atoms with van der Waals surface area (Å²) in [4.78, 5) is 12.1. The number of hydrogen-bond acceptors (Lipinski definition) is 6. The van der Waals surface area contributed by atoms with E-state index in [4.69, 9.17) is 0 Å². The first kappa shape index (κ1) is 18.4.